The molecule has 16 heavy (non-hydrogen) atoms. The second-order valence-corrected chi connectivity index (χ2v) is 3.89. The molecule has 1 rings (SSSR count). The molecule has 1 aromatic carbocycles. The van der Waals surface area contributed by atoms with E-state index in [0.29, 0.717) is 12.6 Å². The van der Waals surface area contributed by atoms with E-state index in [0.717, 1.165) is 0 Å². The van der Waals surface area contributed by atoms with Crippen LogP contribution in [0.2, 0.25) is 0 Å². The van der Waals surface area contributed by atoms with Crippen LogP contribution in [-0.2, 0) is 9.47 Å². The first-order chi connectivity index (χ1) is 7.69. The normalized spacial score (nSPS) is 13.1. The predicted molar refractivity (Wildman–Crippen MR) is 65.4 cm³/mol. The molecule has 0 bridgehead atoms. The summed E-state index contributed by atoms with van der Waals surface area (Å²) < 4.78 is 10.3. The lowest BCUT2D eigenvalue weighted by molar-refractivity contribution is -0.0997. The number of methoxy groups -OCH3 is 2. The molecular formula is C13H21NO2. The van der Waals surface area contributed by atoms with Gasteiger partial charge in [0.2, 0.25) is 0 Å². The van der Waals surface area contributed by atoms with Gasteiger partial charge in [-0.2, -0.15) is 0 Å². The summed E-state index contributed by atoms with van der Waals surface area (Å²) in [5.74, 6) is 0. The van der Waals surface area contributed by atoms with Crippen LogP contribution in [0.3, 0.4) is 0 Å². The van der Waals surface area contributed by atoms with Crippen LogP contribution < -0.4 is 5.32 Å². The molecule has 1 N–H and O–H groups in total. The number of rotatable bonds is 6. The van der Waals surface area contributed by atoms with Gasteiger partial charge in [-0.05, 0) is 25.0 Å². The maximum Gasteiger partial charge on any atom is 0.169 e. The van der Waals surface area contributed by atoms with Gasteiger partial charge in [0.1, 0.15) is 0 Å². The van der Waals surface area contributed by atoms with Crippen molar-refractivity contribution >= 4 is 0 Å². The number of aryl methyl sites for hydroxylation is 1. The van der Waals surface area contributed by atoms with Crippen molar-refractivity contribution < 1.29 is 9.47 Å². The van der Waals surface area contributed by atoms with Crippen LogP contribution >= 0.6 is 0 Å². The zero-order valence-corrected chi connectivity index (χ0v) is 10.5. The van der Waals surface area contributed by atoms with Crippen LogP contribution in [0.5, 0.6) is 0 Å². The SMILES string of the molecule is COC(CNC(C)c1ccccc1C)OC. The van der Waals surface area contributed by atoms with E-state index in [-0.39, 0.29) is 6.29 Å². The number of hydrogen-bond acceptors (Lipinski definition) is 3. The highest BCUT2D eigenvalue weighted by Gasteiger charge is 2.10. The Hall–Kier alpha value is -0.900. The first-order valence-electron chi connectivity index (χ1n) is 5.53. The summed E-state index contributed by atoms with van der Waals surface area (Å²) in [6, 6.07) is 8.68. The van der Waals surface area contributed by atoms with Crippen LogP contribution in [0, 0.1) is 6.92 Å². The fourth-order valence-corrected chi connectivity index (χ4v) is 1.72. The molecule has 3 nitrogen and oxygen atoms in total. The molecule has 0 aliphatic carbocycles. The molecule has 0 radical (unpaired) electrons. The molecule has 0 aromatic heterocycles. The number of ether oxygens (including phenoxy) is 2. The van der Waals surface area contributed by atoms with Gasteiger partial charge < -0.3 is 14.8 Å². The van der Waals surface area contributed by atoms with Crippen molar-refractivity contribution in [3.63, 3.8) is 0 Å². The van der Waals surface area contributed by atoms with E-state index in [2.05, 4.69) is 43.4 Å². The minimum Gasteiger partial charge on any atom is -0.355 e. The van der Waals surface area contributed by atoms with Crippen LogP contribution in [0.4, 0.5) is 0 Å². The molecule has 90 valence electrons. The molecule has 1 unspecified atom stereocenters. The van der Waals surface area contributed by atoms with Gasteiger partial charge in [0.05, 0.1) is 0 Å². The second kappa shape index (κ2) is 6.63. The summed E-state index contributed by atoms with van der Waals surface area (Å²) in [6.07, 6.45) is -0.188. The van der Waals surface area contributed by atoms with Gasteiger partial charge in [-0.25, -0.2) is 0 Å². The quantitative estimate of drug-likeness (QED) is 0.750. The first kappa shape index (κ1) is 13.2. The topological polar surface area (TPSA) is 30.5 Å². The molecule has 0 amide bonds. The van der Waals surface area contributed by atoms with E-state index in [4.69, 9.17) is 9.47 Å². The van der Waals surface area contributed by atoms with Crippen molar-refractivity contribution in [2.75, 3.05) is 20.8 Å². The lowest BCUT2D eigenvalue weighted by atomic mass is 10.0. The molecule has 0 aliphatic heterocycles. The third-order valence-corrected chi connectivity index (χ3v) is 2.77. The minimum absolute atomic E-state index is 0.188. The summed E-state index contributed by atoms with van der Waals surface area (Å²) in [5, 5.41) is 3.39. The van der Waals surface area contributed by atoms with Crippen LogP contribution in [0.1, 0.15) is 24.1 Å². The standard InChI is InChI=1S/C13H21NO2/c1-10-7-5-6-8-12(10)11(2)14-9-13(15-3)16-4/h5-8,11,13-14H,9H2,1-4H3. The van der Waals surface area contributed by atoms with Crippen LogP contribution in [0.15, 0.2) is 24.3 Å². The van der Waals surface area contributed by atoms with E-state index in [1.807, 2.05) is 0 Å². The van der Waals surface area contributed by atoms with Crippen LogP contribution in [-0.4, -0.2) is 27.1 Å². The highest BCUT2D eigenvalue weighted by atomic mass is 16.7. The fraction of sp³-hybridized carbons (Fsp3) is 0.538. The van der Waals surface area contributed by atoms with Crippen molar-refractivity contribution in [2.24, 2.45) is 0 Å². The average Bonchev–Trinajstić information content (AvgIpc) is 2.30. The van der Waals surface area contributed by atoms with Crippen molar-refractivity contribution in [3.05, 3.63) is 35.4 Å². The predicted octanol–water partition coefficient (Wildman–Crippen LogP) is 2.26. The molecule has 1 atom stereocenters. The Kier molecular flexibility index (Phi) is 5.46. The van der Waals surface area contributed by atoms with Crippen molar-refractivity contribution in [1.82, 2.24) is 5.32 Å². The van der Waals surface area contributed by atoms with Gasteiger partial charge in [-0.1, -0.05) is 24.3 Å². The Balaban J connectivity index is 2.52. The molecule has 0 saturated carbocycles. The lowest BCUT2D eigenvalue weighted by Crippen LogP contribution is -2.31. The molecule has 3 heteroatoms. The Morgan fingerprint density at radius 2 is 1.81 bits per heavy atom. The molecule has 0 spiro atoms. The molecular weight excluding hydrogens is 202 g/mol. The maximum atomic E-state index is 5.13. The zero-order valence-electron chi connectivity index (χ0n) is 10.5. The Morgan fingerprint density at radius 1 is 1.19 bits per heavy atom. The van der Waals surface area contributed by atoms with Crippen molar-refractivity contribution in [3.8, 4) is 0 Å². The molecule has 0 saturated heterocycles. The van der Waals surface area contributed by atoms with Crippen LogP contribution in [0.25, 0.3) is 0 Å². The van der Waals surface area contributed by atoms with E-state index in [1.165, 1.54) is 11.1 Å². The molecule has 0 heterocycles. The summed E-state index contributed by atoms with van der Waals surface area (Å²) >= 11 is 0. The smallest absolute Gasteiger partial charge is 0.169 e. The Morgan fingerprint density at radius 3 is 2.38 bits per heavy atom. The van der Waals surface area contributed by atoms with Gasteiger partial charge in [0, 0.05) is 26.8 Å². The third kappa shape index (κ3) is 3.59. The number of hydrogen-bond donors (Lipinski definition) is 1. The summed E-state index contributed by atoms with van der Waals surface area (Å²) in [4.78, 5) is 0. The number of nitrogens with one attached hydrogen (secondary N) is 1. The first-order valence-corrected chi connectivity index (χ1v) is 5.53. The van der Waals surface area contributed by atoms with Gasteiger partial charge in [0.15, 0.2) is 6.29 Å². The summed E-state index contributed by atoms with van der Waals surface area (Å²) in [7, 11) is 3.29. The average molecular weight is 223 g/mol. The summed E-state index contributed by atoms with van der Waals surface area (Å²) in [6.45, 7) is 4.95. The highest BCUT2D eigenvalue weighted by Crippen LogP contribution is 2.16. The van der Waals surface area contributed by atoms with Gasteiger partial charge >= 0.3 is 0 Å². The minimum atomic E-state index is -0.188. The van der Waals surface area contributed by atoms with Crippen molar-refractivity contribution in [1.29, 1.82) is 0 Å². The summed E-state index contributed by atoms with van der Waals surface area (Å²) in [5.41, 5.74) is 2.61. The second-order valence-electron chi connectivity index (χ2n) is 3.89. The highest BCUT2D eigenvalue weighted by molar-refractivity contribution is 5.28. The third-order valence-electron chi connectivity index (χ3n) is 2.77. The largest absolute Gasteiger partial charge is 0.355 e. The van der Waals surface area contributed by atoms with Gasteiger partial charge in [0.25, 0.3) is 0 Å². The fourth-order valence-electron chi connectivity index (χ4n) is 1.72. The molecule has 0 aliphatic rings. The van der Waals surface area contributed by atoms with Gasteiger partial charge in [-0.15, -0.1) is 0 Å². The molecule has 1 aromatic rings. The lowest BCUT2D eigenvalue weighted by Gasteiger charge is -2.20. The Labute approximate surface area is 97.8 Å². The number of benzene rings is 1. The zero-order chi connectivity index (χ0) is 12.0. The van der Waals surface area contributed by atoms with E-state index in [1.54, 1.807) is 14.2 Å². The van der Waals surface area contributed by atoms with Gasteiger partial charge in [-0.3, -0.25) is 0 Å². The maximum absolute atomic E-state index is 5.13. The Bertz CT molecular complexity index is 311. The molecule has 0 fully saturated rings. The van der Waals surface area contributed by atoms with E-state index >= 15 is 0 Å². The monoisotopic (exact) mass is 223 g/mol. The van der Waals surface area contributed by atoms with Crippen molar-refractivity contribution in [2.45, 2.75) is 26.2 Å². The van der Waals surface area contributed by atoms with E-state index in [9.17, 15) is 0 Å². The van der Waals surface area contributed by atoms with E-state index < -0.39 is 0 Å².